The molecule has 0 bridgehead atoms. The topological polar surface area (TPSA) is 68.9 Å². The van der Waals surface area contributed by atoms with Crippen LogP contribution in [-0.4, -0.2) is 14.9 Å². The minimum absolute atomic E-state index is 0.0812. The molecule has 0 saturated carbocycles. The van der Waals surface area contributed by atoms with Crippen molar-refractivity contribution >= 4 is 40.1 Å². The van der Waals surface area contributed by atoms with E-state index in [0.29, 0.717) is 0 Å². The summed E-state index contributed by atoms with van der Waals surface area (Å²) in [7, 11) is 0. The zero-order chi connectivity index (χ0) is 15.5. The second-order valence-corrected chi connectivity index (χ2v) is 7.60. The first kappa shape index (κ1) is 15.1. The zero-order valence-electron chi connectivity index (χ0n) is 11.6. The smallest absolute Gasteiger partial charge is 0.258 e. The van der Waals surface area contributed by atoms with Crippen LogP contribution >= 0.6 is 34.4 Å². The second kappa shape index (κ2) is 6.55. The van der Waals surface area contributed by atoms with Crippen LogP contribution in [0, 0.1) is 17.0 Å². The van der Waals surface area contributed by atoms with E-state index in [-0.39, 0.29) is 5.69 Å². The van der Waals surface area contributed by atoms with E-state index in [4.69, 9.17) is 0 Å². The Morgan fingerprint density at radius 2 is 2.14 bits per heavy atom. The Labute approximate surface area is 139 Å². The lowest BCUT2D eigenvalue weighted by Gasteiger charge is -1.97. The van der Waals surface area contributed by atoms with Gasteiger partial charge in [0.1, 0.15) is 0 Å². The highest BCUT2D eigenvalue weighted by molar-refractivity contribution is 8.00. The van der Waals surface area contributed by atoms with Gasteiger partial charge in [-0.05, 0) is 6.92 Å². The maximum atomic E-state index is 10.8. The van der Waals surface area contributed by atoms with Crippen molar-refractivity contribution in [3.05, 3.63) is 55.8 Å². The molecule has 0 spiro atoms. The van der Waals surface area contributed by atoms with Crippen molar-refractivity contribution in [2.75, 3.05) is 0 Å². The number of thioether (sulfide) groups is 1. The number of hydrogen-bond acceptors (Lipinski definition) is 7. The average Bonchev–Trinajstić information content (AvgIpc) is 3.14. The van der Waals surface area contributed by atoms with Crippen LogP contribution in [0.3, 0.4) is 0 Å². The molecule has 0 fully saturated rings. The number of benzene rings is 1. The largest absolute Gasteiger partial charge is 0.270 e. The van der Waals surface area contributed by atoms with Crippen LogP contribution in [0.1, 0.15) is 10.7 Å². The van der Waals surface area contributed by atoms with Crippen molar-refractivity contribution < 1.29 is 4.92 Å². The number of non-ortho nitro benzene ring substituents is 1. The fraction of sp³-hybridized carbons (Fsp3) is 0.143. The Morgan fingerprint density at radius 1 is 1.27 bits per heavy atom. The first-order chi connectivity index (χ1) is 10.6. The van der Waals surface area contributed by atoms with Crippen molar-refractivity contribution in [1.29, 1.82) is 0 Å². The standard InChI is InChI=1S/C14H11N3O2S3/c1-9-15-11(6-20-9)7-21-14-16-13(8-22-14)10-3-2-4-12(5-10)17(18)19/h2-6,8H,7H2,1H3. The first-order valence-electron chi connectivity index (χ1n) is 6.36. The van der Waals surface area contributed by atoms with Gasteiger partial charge in [0.2, 0.25) is 0 Å². The molecule has 0 amide bonds. The van der Waals surface area contributed by atoms with Crippen LogP contribution in [-0.2, 0) is 5.75 Å². The molecule has 0 aliphatic carbocycles. The van der Waals surface area contributed by atoms with E-state index in [2.05, 4.69) is 15.3 Å². The van der Waals surface area contributed by atoms with E-state index in [0.717, 1.165) is 32.1 Å². The van der Waals surface area contributed by atoms with Crippen molar-refractivity contribution in [2.24, 2.45) is 0 Å². The third kappa shape index (κ3) is 3.52. The third-order valence-electron chi connectivity index (χ3n) is 2.85. The Kier molecular flexibility index (Phi) is 4.51. The number of nitro groups is 1. The summed E-state index contributed by atoms with van der Waals surface area (Å²) in [5, 5.41) is 15.9. The molecule has 3 aromatic rings. The van der Waals surface area contributed by atoms with Gasteiger partial charge in [-0.2, -0.15) is 0 Å². The number of thiazole rings is 2. The maximum Gasteiger partial charge on any atom is 0.270 e. The first-order valence-corrected chi connectivity index (χ1v) is 9.10. The highest BCUT2D eigenvalue weighted by atomic mass is 32.2. The molecule has 3 rings (SSSR count). The monoisotopic (exact) mass is 349 g/mol. The van der Waals surface area contributed by atoms with E-state index in [1.54, 1.807) is 46.6 Å². The molecule has 1 aromatic carbocycles. The molecule has 0 unspecified atom stereocenters. The van der Waals surface area contributed by atoms with Crippen LogP contribution < -0.4 is 0 Å². The lowest BCUT2D eigenvalue weighted by molar-refractivity contribution is -0.384. The lowest BCUT2D eigenvalue weighted by atomic mass is 10.1. The zero-order valence-corrected chi connectivity index (χ0v) is 14.0. The predicted molar refractivity (Wildman–Crippen MR) is 90.6 cm³/mol. The number of hydrogen-bond donors (Lipinski definition) is 0. The SMILES string of the molecule is Cc1nc(CSc2nc(-c3cccc([N+](=O)[O-])c3)cs2)cs1. The summed E-state index contributed by atoms with van der Waals surface area (Å²) in [6, 6.07) is 6.54. The van der Waals surface area contributed by atoms with Crippen molar-refractivity contribution in [3.8, 4) is 11.3 Å². The Bertz CT molecular complexity index is 813. The summed E-state index contributed by atoms with van der Waals surface area (Å²) >= 11 is 4.81. The molecule has 0 N–H and O–H groups in total. The molecule has 0 radical (unpaired) electrons. The maximum absolute atomic E-state index is 10.8. The van der Waals surface area contributed by atoms with Crippen LogP contribution in [0.4, 0.5) is 5.69 Å². The van der Waals surface area contributed by atoms with Gasteiger partial charge in [0.15, 0.2) is 4.34 Å². The van der Waals surface area contributed by atoms with Gasteiger partial charge in [-0.15, -0.1) is 22.7 Å². The van der Waals surface area contributed by atoms with Crippen LogP contribution in [0.25, 0.3) is 11.3 Å². The number of aryl methyl sites for hydroxylation is 1. The van der Waals surface area contributed by atoms with E-state index >= 15 is 0 Å². The highest BCUT2D eigenvalue weighted by Gasteiger charge is 2.10. The molecular weight excluding hydrogens is 338 g/mol. The number of aromatic nitrogens is 2. The van der Waals surface area contributed by atoms with Gasteiger partial charge in [0.05, 0.1) is 21.3 Å². The van der Waals surface area contributed by atoms with E-state index in [1.807, 2.05) is 18.4 Å². The molecule has 0 saturated heterocycles. The number of nitrogens with zero attached hydrogens (tertiary/aromatic N) is 3. The molecule has 5 nitrogen and oxygen atoms in total. The molecule has 8 heteroatoms. The van der Waals surface area contributed by atoms with Gasteiger partial charge in [0, 0.05) is 34.2 Å². The lowest BCUT2D eigenvalue weighted by Crippen LogP contribution is -1.88. The van der Waals surface area contributed by atoms with Gasteiger partial charge in [-0.25, -0.2) is 9.97 Å². The van der Waals surface area contributed by atoms with Gasteiger partial charge in [-0.3, -0.25) is 10.1 Å². The van der Waals surface area contributed by atoms with Crippen molar-refractivity contribution in [1.82, 2.24) is 9.97 Å². The Balaban J connectivity index is 1.73. The molecular formula is C14H11N3O2S3. The Morgan fingerprint density at radius 3 is 2.86 bits per heavy atom. The number of rotatable bonds is 5. The van der Waals surface area contributed by atoms with E-state index in [1.165, 1.54) is 6.07 Å². The quantitative estimate of drug-likeness (QED) is 0.377. The van der Waals surface area contributed by atoms with Crippen LogP contribution in [0.2, 0.25) is 0 Å². The summed E-state index contributed by atoms with van der Waals surface area (Å²) in [6.45, 7) is 1.99. The number of nitro benzene ring substituents is 1. The van der Waals surface area contributed by atoms with Crippen molar-refractivity contribution in [3.63, 3.8) is 0 Å². The highest BCUT2D eigenvalue weighted by Crippen LogP contribution is 2.31. The summed E-state index contributed by atoms with van der Waals surface area (Å²) in [5.74, 6) is 0.784. The summed E-state index contributed by atoms with van der Waals surface area (Å²) in [5.41, 5.74) is 2.67. The van der Waals surface area contributed by atoms with Crippen LogP contribution in [0.5, 0.6) is 0 Å². The second-order valence-electron chi connectivity index (χ2n) is 4.45. The summed E-state index contributed by atoms with van der Waals surface area (Å²) in [6.07, 6.45) is 0. The van der Waals surface area contributed by atoms with Crippen LogP contribution in [0.15, 0.2) is 39.4 Å². The van der Waals surface area contributed by atoms with Gasteiger partial charge in [0.25, 0.3) is 5.69 Å². The normalized spacial score (nSPS) is 10.8. The molecule has 2 heterocycles. The minimum Gasteiger partial charge on any atom is -0.258 e. The predicted octanol–water partition coefficient (Wildman–Crippen LogP) is 4.78. The fourth-order valence-corrected chi connectivity index (χ4v) is 4.29. The molecule has 0 atom stereocenters. The molecule has 0 aliphatic heterocycles. The van der Waals surface area contributed by atoms with E-state index in [9.17, 15) is 10.1 Å². The molecule has 112 valence electrons. The third-order valence-corrected chi connectivity index (χ3v) is 5.72. The molecule has 2 aromatic heterocycles. The summed E-state index contributed by atoms with van der Waals surface area (Å²) < 4.78 is 0.937. The average molecular weight is 349 g/mol. The molecule has 22 heavy (non-hydrogen) atoms. The van der Waals surface area contributed by atoms with Gasteiger partial charge in [-0.1, -0.05) is 23.9 Å². The minimum atomic E-state index is -0.393. The van der Waals surface area contributed by atoms with Gasteiger partial charge >= 0.3 is 0 Å². The summed E-state index contributed by atoms with van der Waals surface area (Å²) in [4.78, 5) is 19.4. The Hall–Kier alpha value is -1.77. The van der Waals surface area contributed by atoms with Crippen molar-refractivity contribution in [2.45, 2.75) is 17.0 Å². The van der Waals surface area contributed by atoms with E-state index < -0.39 is 4.92 Å². The molecule has 0 aliphatic rings. The van der Waals surface area contributed by atoms with Gasteiger partial charge < -0.3 is 0 Å². The fourth-order valence-electron chi connectivity index (χ4n) is 1.85.